The summed E-state index contributed by atoms with van der Waals surface area (Å²) in [5.74, 6) is 0.108. The van der Waals surface area contributed by atoms with Gasteiger partial charge < -0.3 is 4.57 Å². The Bertz CT molecular complexity index is 1040. The molecular weight excluding hydrogens is 394 g/mol. The van der Waals surface area contributed by atoms with Crippen molar-refractivity contribution in [1.82, 2.24) is 19.5 Å². The highest BCUT2D eigenvalue weighted by Crippen LogP contribution is 2.21. The van der Waals surface area contributed by atoms with Gasteiger partial charge in [-0.3, -0.25) is 0 Å². The molecule has 0 bridgehead atoms. The van der Waals surface area contributed by atoms with Crippen LogP contribution in [0.15, 0.2) is 58.6 Å². The highest BCUT2D eigenvalue weighted by Gasteiger charge is 2.16. The summed E-state index contributed by atoms with van der Waals surface area (Å²) in [6.45, 7) is -0.0657. The lowest BCUT2D eigenvalue weighted by atomic mass is 10.2. The van der Waals surface area contributed by atoms with Crippen molar-refractivity contribution in [1.29, 1.82) is 0 Å². The summed E-state index contributed by atoms with van der Waals surface area (Å²) >= 11 is 1.36. The molecule has 0 aliphatic rings. The zero-order chi connectivity index (χ0) is 19.4. The van der Waals surface area contributed by atoms with Gasteiger partial charge >= 0.3 is 0 Å². The van der Waals surface area contributed by atoms with E-state index < -0.39 is 15.8 Å². The third-order valence-corrected chi connectivity index (χ3v) is 6.23. The van der Waals surface area contributed by atoms with Crippen molar-refractivity contribution in [3.63, 3.8) is 0 Å². The molecule has 0 aliphatic carbocycles. The van der Waals surface area contributed by atoms with Crippen molar-refractivity contribution in [3.05, 3.63) is 71.6 Å². The lowest BCUT2D eigenvalue weighted by molar-refractivity contribution is 0.575. The maximum atomic E-state index is 13.2. The lowest BCUT2D eigenvalue weighted by Crippen LogP contribution is -2.24. The Hall–Kier alpha value is -2.30. The van der Waals surface area contributed by atoms with Crippen molar-refractivity contribution in [3.8, 4) is 0 Å². The molecule has 0 radical (unpaired) electrons. The Morgan fingerprint density at radius 2 is 1.81 bits per heavy atom. The monoisotopic (exact) mass is 410 g/mol. The zero-order valence-corrected chi connectivity index (χ0v) is 15.9. The van der Waals surface area contributed by atoms with Crippen molar-refractivity contribution < 1.29 is 17.2 Å². The number of halogens is 2. The second-order valence-corrected chi connectivity index (χ2v) is 8.36. The maximum absolute atomic E-state index is 13.2. The molecule has 0 unspecified atom stereocenters. The van der Waals surface area contributed by atoms with Crippen molar-refractivity contribution in [2.24, 2.45) is 7.05 Å². The average Bonchev–Trinajstić information content (AvgIpc) is 2.99. The van der Waals surface area contributed by atoms with E-state index in [1.54, 1.807) is 17.7 Å². The number of aromatic nitrogens is 3. The van der Waals surface area contributed by atoms with Gasteiger partial charge in [-0.25, -0.2) is 21.9 Å². The molecule has 1 aromatic heterocycles. The summed E-state index contributed by atoms with van der Waals surface area (Å²) < 4.78 is 54.7. The van der Waals surface area contributed by atoms with Gasteiger partial charge in [-0.1, -0.05) is 23.9 Å². The molecule has 6 nitrogen and oxygen atoms in total. The van der Waals surface area contributed by atoms with Crippen molar-refractivity contribution in [2.45, 2.75) is 22.3 Å². The summed E-state index contributed by atoms with van der Waals surface area (Å²) in [7, 11) is -2.07. The Morgan fingerprint density at radius 1 is 1.07 bits per heavy atom. The largest absolute Gasteiger partial charge is 0.308 e. The van der Waals surface area contributed by atoms with Crippen LogP contribution in [-0.4, -0.2) is 23.2 Å². The topological polar surface area (TPSA) is 76.9 Å². The van der Waals surface area contributed by atoms with Crippen LogP contribution in [0.25, 0.3) is 0 Å². The smallest absolute Gasteiger partial charge is 0.240 e. The van der Waals surface area contributed by atoms with Gasteiger partial charge in [0.2, 0.25) is 10.0 Å². The Balaban J connectivity index is 1.64. The number of nitrogens with zero attached hydrogens (tertiary/aromatic N) is 3. The first kappa shape index (κ1) is 19.5. The van der Waals surface area contributed by atoms with E-state index in [2.05, 4.69) is 14.9 Å². The number of hydrogen-bond acceptors (Lipinski definition) is 5. The number of rotatable bonds is 7. The van der Waals surface area contributed by atoms with Gasteiger partial charge in [0.05, 0.1) is 11.4 Å². The second kappa shape index (κ2) is 8.15. The Kier molecular flexibility index (Phi) is 5.88. The summed E-state index contributed by atoms with van der Waals surface area (Å²) in [5, 5.41) is 8.60. The maximum Gasteiger partial charge on any atom is 0.240 e. The molecule has 27 heavy (non-hydrogen) atoms. The SMILES string of the molecule is Cn1c(CNS(=O)(=O)c2ccc(F)cc2)nnc1SCc1cccc(F)c1. The molecule has 0 spiro atoms. The van der Waals surface area contributed by atoms with Gasteiger partial charge in [0.25, 0.3) is 0 Å². The fourth-order valence-electron chi connectivity index (χ4n) is 2.26. The molecule has 0 fully saturated rings. The van der Waals surface area contributed by atoms with Crippen molar-refractivity contribution >= 4 is 21.8 Å². The van der Waals surface area contributed by atoms with Crippen LogP contribution < -0.4 is 4.72 Å². The van der Waals surface area contributed by atoms with E-state index in [0.717, 1.165) is 17.7 Å². The highest BCUT2D eigenvalue weighted by atomic mass is 32.2. The van der Waals surface area contributed by atoms with Crippen LogP contribution in [0.3, 0.4) is 0 Å². The fraction of sp³-hybridized carbons (Fsp3) is 0.176. The molecule has 2 aromatic carbocycles. The van der Waals surface area contributed by atoms with Gasteiger partial charge in [0.1, 0.15) is 17.5 Å². The van der Waals surface area contributed by atoms with Gasteiger partial charge in [-0.2, -0.15) is 0 Å². The van der Waals surface area contributed by atoms with Gasteiger partial charge in [-0.05, 0) is 42.0 Å². The summed E-state index contributed by atoms with van der Waals surface area (Å²) in [6.07, 6.45) is 0. The summed E-state index contributed by atoms with van der Waals surface area (Å²) in [5.41, 5.74) is 0.807. The van der Waals surface area contributed by atoms with E-state index in [1.807, 2.05) is 6.07 Å². The van der Waals surface area contributed by atoms with Gasteiger partial charge in [0, 0.05) is 12.8 Å². The number of hydrogen-bond donors (Lipinski definition) is 1. The fourth-order valence-corrected chi connectivity index (χ4v) is 4.11. The van der Waals surface area contributed by atoms with Crippen LogP contribution in [0.5, 0.6) is 0 Å². The Morgan fingerprint density at radius 3 is 2.52 bits per heavy atom. The van der Waals surface area contributed by atoms with E-state index >= 15 is 0 Å². The first-order valence-electron chi connectivity index (χ1n) is 7.86. The molecule has 0 saturated carbocycles. The molecule has 1 heterocycles. The molecule has 142 valence electrons. The third-order valence-electron chi connectivity index (χ3n) is 3.73. The minimum absolute atomic E-state index is 0.0354. The van der Waals surface area contributed by atoms with Crippen LogP contribution in [-0.2, 0) is 29.4 Å². The number of thioether (sulfide) groups is 1. The van der Waals surface area contributed by atoms with E-state index in [-0.39, 0.29) is 17.3 Å². The molecule has 0 aliphatic heterocycles. The van der Waals surface area contributed by atoms with Crippen LogP contribution in [0.4, 0.5) is 8.78 Å². The van der Waals surface area contributed by atoms with Crippen LogP contribution in [0, 0.1) is 11.6 Å². The first-order chi connectivity index (χ1) is 12.8. The molecule has 0 amide bonds. The van der Waals surface area contributed by atoms with E-state index in [9.17, 15) is 17.2 Å². The molecular formula is C17H16F2N4O2S2. The number of nitrogens with one attached hydrogen (secondary N) is 1. The van der Waals surface area contributed by atoms with Crippen molar-refractivity contribution in [2.75, 3.05) is 0 Å². The van der Waals surface area contributed by atoms with Gasteiger partial charge in [-0.15, -0.1) is 10.2 Å². The molecule has 0 saturated heterocycles. The zero-order valence-electron chi connectivity index (χ0n) is 14.3. The minimum atomic E-state index is -3.79. The highest BCUT2D eigenvalue weighted by molar-refractivity contribution is 7.98. The normalized spacial score (nSPS) is 11.7. The Labute approximate surface area is 159 Å². The number of benzene rings is 2. The second-order valence-electron chi connectivity index (χ2n) is 5.65. The van der Waals surface area contributed by atoms with E-state index in [1.165, 1.54) is 36.0 Å². The molecule has 0 atom stereocenters. The molecule has 1 N–H and O–H groups in total. The average molecular weight is 410 g/mol. The molecule has 10 heteroatoms. The van der Waals surface area contributed by atoms with Crippen LogP contribution in [0.1, 0.15) is 11.4 Å². The molecule has 3 rings (SSSR count). The number of sulfonamides is 1. The minimum Gasteiger partial charge on any atom is -0.308 e. The predicted molar refractivity (Wildman–Crippen MR) is 97.4 cm³/mol. The van der Waals surface area contributed by atoms with Crippen LogP contribution in [0.2, 0.25) is 0 Å². The third kappa shape index (κ3) is 4.90. The quantitative estimate of drug-likeness (QED) is 0.606. The summed E-state index contributed by atoms with van der Waals surface area (Å²) in [4.78, 5) is -0.0354. The van der Waals surface area contributed by atoms with E-state index in [4.69, 9.17) is 0 Å². The van der Waals surface area contributed by atoms with Gasteiger partial charge in [0.15, 0.2) is 5.16 Å². The first-order valence-corrected chi connectivity index (χ1v) is 10.3. The van der Waals surface area contributed by atoms with Crippen LogP contribution >= 0.6 is 11.8 Å². The standard InChI is InChI=1S/C17H16F2N4O2S2/c1-23-16(10-20-27(24,25)15-7-5-13(18)6-8-15)21-22-17(23)26-11-12-3-2-4-14(19)9-12/h2-9,20H,10-11H2,1H3. The molecule has 3 aromatic rings. The lowest BCUT2D eigenvalue weighted by Gasteiger charge is -2.07. The summed E-state index contributed by atoms with van der Waals surface area (Å²) in [6, 6.07) is 10.8. The van der Waals surface area contributed by atoms with E-state index in [0.29, 0.717) is 16.7 Å². The predicted octanol–water partition coefficient (Wildman–Crippen LogP) is 2.86.